The van der Waals surface area contributed by atoms with Gasteiger partial charge in [-0.3, -0.25) is 38.7 Å². The van der Waals surface area contributed by atoms with E-state index in [-0.39, 0.29) is 94.9 Å². The van der Waals surface area contributed by atoms with Gasteiger partial charge in [-0.05, 0) is 144 Å². The highest BCUT2D eigenvalue weighted by molar-refractivity contribution is 6.08. The number of carbonyl (C=O) groups is 6. The Morgan fingerprint density at radius 1 is 0.423 bits per heavy atom. The minimum Gasteiger partial charge on any atom is -0.508 e. The van der Waals surface area contributed by atoms with Crippen LogP contribution in [-0.4, -0.2) is 286 Å². The second kappa shape index (κ2) is 41.5. The summed E-state index contributed by atoms with van der Waals surface area (Å²) in [6.45, 7) is 35.9. The lowest BCUT2D eigenvalue weighted by Crippen LogP contribution is -2.73. The fraction of sp³-hybridized carbons (Fsp3) is 0.345. The number of piperazine rings is 3. The van der Waals surface area contributed by atoms with E-state index in [2.05, 4.69) is 101 Å². The van der Waals surface area contributed by atoms with Gasteiger partial charge in [0.25, 0.3) is 0 Å². The molecule has 13 heterocycles. The van der Waals surface area contributed by atoms with Gasteiger partial charge in [0.15, 0.2) is 0 Å². The van der Waals surface area contributed by atoms with Crippen LogP contribution in [0.4, 0.5) is 45.8 Å². The van der Waals surface area contributed by atoms with Gasteiger partial charge in [-0.15, -0.1) is 0 Å². The van der Waals surface area contributed by atoms with E-state index in [0.29, 0.717) is 122 Å². The van der Waals surface area contributed by atoms with Gasteiger partial charge in [0.05, 0.1) is 73.2 Å². The molecule has 8 aromatic carbocycles. The molecule has 0 radical (unpaired) electrons. The molecule has 32 heteroatoms. The number of benzene rings is 8. The van der Waals surface area contributed by atoms with Crippen LogP contribution in [0.1, 0.15) is 65.8 Å². The molecule has 3 atom stereocenters. The van der Waals surface area contributed by atoms with Crippen molar-refractivity contribution < 1.29 is 58.7 Å². The highest BCUT2D eigenvalue weighted by atomic mass is 16.5. The van der Waals surface area contributed by atoms with Crippen molar-refractivity contribution in [2.45, 2.75) is 90.8 Å². The van der Waals surface area contributed by atoms with Gasteiger partial charge in [-0.25, -0.2) is 0 Å². The van der Waals surface area contributed by atoms with Crippen molar-refractivity contribution in [2.24, 2.45) is 5.41 Å². The first-order chi connectivity index (χ1) is 68.6. The molecule has 0 unspecified atom stereocenters. The summed E-state index contributed by atoms with van der Waals surface area (Å²) in [5, 5.41) is 49.2. The number of nitrogens with zero attached hydrogens (tertiary/aromatic N) is 20. The molecule has 734 valence electrons. The van der Waals surface area contributed by atoms with E-state index in [1.54, 1.807) is 57.3 Å². The lowest BCUT2D eigenvalue weighted by molar-refractivity contribution is -0.139. The molecule has 6 amide bonds. The quantitative estimate of drug-likeness (QED) is 0.0515. The molecular formula is C110H122N20O12. The summed E-state index contributed by atoms with van der Waals surface area (Å²) < 4.78 is 12.3. The normalized spacial score (nSPS) is 17.7. The van der Waals surface area contributed by atoms with Crippen LogP contribution < -0.4 is 48.7 Å². The first-order valence-electron chi connectivity index (χ1n) is 48.6. The van der Waals surface area contributed by atoms with Gasteiger partial charge in [0.1, 0.15) is 47.3 Å². The SMILES string of the molecule is C=CC(=O)N1CC2(C1)CN(c1ccnc3c1CC(=O)N(c1cc(O)cc4ccccc14)C3)C2.C=CC(=O)N1CCN(c2ccnc3c2CC(=O)N(c2cc(O)cc4ccccc24)C3)CC1.C=CC(=O)N1CCN(c2nc(OCCN(C)C)nc3c2CCN(c2cc(O)cc4ccccc24)C3)[C@@H](C)C1.C=CC(=O)N1CCN(c2nc(O[C@H](C)CN(C)C)nc3c2CCN(c2cc(O)cc4ccccc24)C3)[C@@H](C)C1. The summed E-state index contributed by atoms with van der Waals surface area (Å²) in [5.74, 6) is 2.39. The predicted octanol–water partition coefficient (Wildman–Crippen LogP) is 12.2. The number of aromatic hydroxyl groups is 4. The third-order valence-corrected chi connectivity index (χ3v) is 28.2. The maximum atomic E-state index is 13.3. The Bertz CT molecular complexity index is 6890. The average molecular weight is 1920 g/mol. The van der Waals surface area contributed by atoms with Crippen LogP contribution in [0.3, 0.4) is 0 Å². The van der Waals surface area contributed by atoms with Gasteiger partial charge in [-0.1, -0.05) is 123 Å². The third kappa shape index (κ3) is 20.5. The van der Waals surface area contributed by atoms with Crippen molar-refractivity contribution in [3.05, 3.63) is 266 Å². The van der Waals surface area contributed by atoms with Crippen molar-refractivity contribution in [3.8, 4) is 35.0 Å². The molecule has 32 nitrogen and oxygen atoms in total. The maximum Gasteiger partial charge on any atom is 0.318 e. The number of carbonyl (C=O) groups excluding carboxylic acids is 6. The molecule has 9 aliphatic rings. The fourth-order valence-corrected chi connectivity index (χ4v) is 21.3. The maximum absolute atomic E-state index is 13.3. The van der Waals surface area contributed by atoms with Crippen LogP contribution in [0.25, 0.3) is 43.1 Å². The first-order valence-corrected chi connectivity index (χ1v) is 48.6. The summed E-state index contributed by atoms with van der Waals surface area (Å²) in [6.07, 6.45) is 11.0. The zero-order chi connectivity index (χ0) is 99.5. The molecular weight excluding hydrogens is 1790 g/mol. The van der Waals surface area contributed by atoms with E-state index in [0.717, 1.165) is 188 Å². The van der Waals surface area contributed by atoms with E-state index < -0.39 is 0 Å². The van der Waals surface area contributed by atoms with Crippen LogP contribution in [0, 0.1) is 5.41 Å². The lowest BCUT2D eigenvalue weighted by Gasteiger charge is -2.61. The van der Waals surface area contributed by atoms with E-state index in [4.69, 9.17) is 29.4 Å². The predicted molar refractivity (Wildman–Crippen MR) is 555 cm³/mol. The van der Waals surface area contributed by atoms with Crippen LogP contribution in [-0.2, 0) is 80.6 Å². The average Bonchev–Trinajstić information content (AvgIpc) is 0.703. The molecule has 5 fully saturated rings. The van der Waals surface area contributed by atoms with Gasteiger partial charge in [-0.2, -0.15) is 19.9 Å². The van der Waals surface area contributed by atoms with Crippen molar-refractivity contribution in [2.75, 3.05) is 192 Å². The van der Waals surface area contributed by atoms with Gasteiger partial charge >= 0.3 is 12.0 Å². The van der Waals surface area contributed by atoms with Crippen molar-refractivity contribution >= 4 is 124 Å². The van der Waals surface area contributed by atoms with E-state index >= 15 is 0 Å². The largest absolute Gasteiger partial charge is 0.508 e. The van der Waals surface area contributed by atoms with Crippen molar-refractivity contribution in [1.29, 1.82) is 0 Å². The monoisotopic (exact) mass is 1910 g/mol. The standard InChI is InChI=1S/C30H38N6O3.C29H36N6O3.C26H24N4O3.C25H24N4O3/c1-6-28(38)35-13-14-36(20(2)17-35)29-25-11-12-34(27-16-23(37)15-22-9-7-8-10-24(22)27)19-26(25)31-30(32-29)39-21(3)18-33(4)5;1-5-27(37)34-12-13-35(20(2)18-34)28-24-10-11-33(19-25(24)30-29(31-28)38-15-14-32(3)4)26-17-22(36)16-21-8-6-7-9-23(21)26;1-2-24(32)29-15-26(16-29)13-28(14-26)22-7-8-27-21-12-30(25(33)11-20(21)22)23-10-18(31)9-17-5-3-4-6-19(17)23;1-2-24(31)28-11-9-27(10-12-28)22-7-8-26-21-16-29(25(32)15-20(21)22)23-14-18(30)13-17-5-3-4-6-19(17)23/h6-10,15-16,20-21,37H,1,11-14,17-19H2,2-5H3;5-9,16-17,20,36H,1,10-15,18-19H2,2-4H3;2-10,31H,1,11-16H2;2-8,13-14,30H,1,9-12,15-16H2/t20-,21+;20-;;/m00../s1. The van der Waals surface area contributed by atoms with Crippen LogP contribution in [0.2, 0.25) is 0 Å². The molecule has 4 N–H and O–H groups in total. The van der Waals surface area contributed by atoms with Gasteiger partial charge < -0.3 is 98.5 Å². The third-order valence-electron chi connectivity index (χ3n) is 28.2. The topological polar surface area (TPSA) is 325 Å². The Labute approximate surface area is 826 Å². The number of phenols is 4. The zero-order valence-electron chi connectivity index (χ0n) is 81.6. The first kappa shape index (κ1) is 96.8. The number of aromatic nitrogens is 6. The zero-order valence-corrected chi connectivity index (χ0v) is 81.6. The van der Waals surface area contributed by atoms with Crippen molar-refractivity contribution in [3.63, 3.8) is 0 Å². The van der Waals surface area contributed by atoms with Crippen LogP contribution in [0.5, 0.6) is 35.0 Å². The van der Waals surface area contributed by atoms with E-state index in [1.807, 2.05) is 165 Å². The minimum absolute atomic E-state index is 0.00543. The van der Waals surface area contributed by atoms with Crippen molar-refractivity contribution in [1.82, 2.24) is 59.3 Å². The van der Waals surface area contributed by atoms with Crippen LogP contribution in [0.15, 0.2) is 221 Å². The number of likely N-dealkylation sites (N-methyl/N-ethyl adjacent to an activating group) is 2. The fourth-order valence-electron chi connectivity index (χ4n) is 21.3. The Hall–Kier alpha value is -15.4. The molecule has 5 saturated heterocycles. The van der Waals surface area contributed by atoms with E-state index in [9.17, 15) is 49.2 Å². The molecule has 21 rings (SSSR count). The van der Waals surface area contributed by atoms with Gasteiger partial charge in [0, 0.05) is 239 Å². The summed E-state index contributed by atoms with van der Waals surface area (Å²) in [6, 6.07) is 50.6. The molecule has 4 aromatic heterocycles. The number of ether oxygens (including phenoxy) is 2. The van der Waals surface area contributed by atoms with Gasteiger partial charge in [0.2, 0.25) is 35.4 Å². The summed E-state index contributed by atoms with van der Waals surface area (Å²) in [5.41, 5.74) is 13.4. The Kier molecular flexibility index (Phi) is 28.3. The molecule has 12 aromatic rings. The Balaban J connectivity index is 0.000000125. The minimum atomic E-state index is -0.0832. The summed E-state index contributed by atoms with van der Waals surface area (Å²) in [7, 11) is 8.04. The number of pyridine rings is 2. The summed E-state index contributed by atoms with van der Waals surface area (Å²) >= 11 is 0. The summed E-state index contributed by atoms with van der Waals surface area (Å²) in [4.78, 5) is 132. The smallest absolute Gasteiger partial charge is 0.318 e. The number of phenolic OH excluding ortho intramolecular Hbond substituents is 4. The molecule has 142 heavy (non-hydrogen) atoms. The number of amides is 6. The Morgan fingerprint density at radius 2 is 0.810 bits per heavy atom. The number of anilines is 8. The highest BCUT2D eigenvalue weighted by Gasteiger charge is 2.54. The molecule has 0 saturated carbocycles. The van der Waals surface area contributed by atoms with Crippen LogP contribution >= 0.6 is 0 Å². The van der Waals surface area contributed by atoms with E-state index in [1.165, 1.54) is 24.3 Å². The molecule has 9 aliphatic heterocycles. The Morgan fingerprint density at radius 3 is 1.23 bits per heavy atom. The molecule has 0 bridgehead atoms. The lowest BCUT2D eigenvalue weighted by atomic mass is 9.72. The second-order valence-corrected chi connectivity index (χ2v) is 38.6. The number of likely N-dealkylation sites (tertiary alicyclic amines) is 1. The number of hydrogen-bond acceptors (Lipinski definition) is 26. The number of hydrogen-bond donors (Lipinski definition) is 4. The number of fused-ring (bicyclic) bond motifs is 8. The molecule has 0 aliphatic carbocycles. The number of rotatable bonds is 20. The second-order valence-electron chi connectivity index (χ2n) is 38.6. The highest BCUT2D eigenvalue weighted by Crippen LogP contribution is 2.47. The molecule has 1 spiro atoms.